The first-order chi connectivity index (χ1) is 18.1. The summed E-state index contributed by atoms with van der Waals surface area (Å²) in [6.45, 7) is 6.37. The van der Waals surface area contributed by atoms with E-state index in [0.717, 1.165) is 25.9 Å². The van der Waals surface area contributed by atoms with Crippen LogP contribution in [0, 0.1) is 6.92 Å². The minimum Gasteiger partial charge on any atom is -0.484 e. The average molecular weight is 518 g/mol. The van der Waals surface area contributed by atoms with Crippen LogP contribution in [0.25, 0.3) is 0 Å². The van der Waals surface area contributed by atoms with E-state index in [0.29, 0.717) is 38.3 Å². The van der Waals surface area contributed by atoms with Crippen molar-refractivity contribution in [3.05, 3.63) is 87.6 Å². The molecule has 2 amide bonds. The lowest BCUT2D eigenvalue weighted by Gasteiger charge is -2.37. The van der Waals surface area contributed by atoms with Crippen LogP contribution in [0.15, 0.2) is 66.0 Å². The van der Waals surface area contributed by atoms with Gasteiger partial charge in [-0.15, -0.1) is 11.3 Å². The highest BCUT2D eigenvalue weighted by atomic mass is 32.1. The molecule has 1 atom stereocenters. The summed E-state index contributed by atoms with van der Waals surface area (Å²) in [6.07, 6.45) is 2.32. The van der Waals surface area contributed by atoms with Crippen LogP contribution in [0.5, 0.6) is 5.75 Å². The maximum Gasteiger partial charge on any atom is 0.260 e. The van der Waals surface area contributed by atoms with Crippen molar-refractivity contribution in [1.82, 2.24) is 14.7 Å². The number of thiophene rings is 1. The highest BCUT2D eigenvalue weighted by molar-refractivity contribution is 7.10. The van der Waals surface area contributed by atoms with Crippen LogP contribution in [0.1, 0.15) is 40.5 Å². The molecule has 3 heterocycles. The van der Waals surface area contributed by atoms with E-state index in [1.54, 1.807) is 0 Å². The van der Waals surface area contributed by atoms with E-state index >= 15 is 0 Å². The fourth-order valence-electron chi connectivity index (χ4n) is 5.43. The van der Waals surface area contributed by atoms with Crippen molar-refractivity contribution < 1.29 is 14.3 Å². The minimum absolute atomic E-state index is 0.0256. The fraction of sp³-hybridized carbons (Fsp3) is 0.400. The van der Waals surface area contributed by atoms with Crippen molar-refractivity contribution in [2.45, 2.75) is 32.2 Å². The largest absolute Gasteiger partial charge is 0.484 e. The molecule has 3 aromatic rings. The number of carbonyl (C=O) groups is 2. The van der Waals surface area contributed by atoms with Crippen molar-refractivity contribution in [1.29, 1.82) is 0 Å². The number of fused-ring (bicyclic) bond motifs is 1. The normalized spacial score (nSPS) is 18.2. The maximum absolute atomic E-state index is 13.3. The molecule has 0 unspecified atom stereocenters. The van der Waals surface area contributed by atoms with Gasteiger partial charge in [0.1, 0.15) is 5.75 Å². The van der Waals surface area contributed by atoms with Crippen LogP contribution in [-0.4, -0.2) is 72.4 Å². The highest BCUT2D eigenvalue weighted by Crippen LogP contribution is 2.38. The molecular weight excluding hydrogens is 482 g/mol. The minimum atomic E-state index is -0.0286. The number of amides is 2. The molecule has 0 saturated carbocycles. The molecule has 0 N–H and O–H groups in total. The van der Waals surface area contributed by atoms with Gasteiger partial charge < -0.3 is 14.5 Å². The third kappa shape index (κ3) is 6.05. The summed E-state index contributed by atoms with van der Waals surface area (Å²) in [5.74, 6) is 0.840. The second-order valence-electron chi connectivity index (χ2n) is 9.81. The Morgan fingerprint density at radius 1 is 0.865 bits per heavy atom. The van der Waals surface area contributed by atoms with Crippen LogP contribution >= 0.6 is 11.3 Å². The molecular formula is C30H35N3O3S. The summed E-state index contributed by atoms with van der Waals surface area (Å²) in [7, 11) is 0. The van der Waals surface area contributed by atoms with Crippen molar-refractivity contribution in [2.75, 3.05) is 45.9 Å². The lowest BCUT2D eigenvalue weighted by Crippen LogP contribution is -2.41. The summed E-state index contributed by atoms with van der Waals surface area (Å²) in [4.78, 5) is 33.7. The first-order valence-electron chi connectivity index (χ1n) is 13.2. The van der Waals surface area contributed by atoms with Gasteiger partial charge in [-0.05, 0) is 60.0 Å². The number of carbonyl (C=O) groups excluding carboxylic acids is 2. The maximum atomic E-state index is 13.3. The Balaban J connectivity index is 1.16. The predicted octanol–water partition coefficient (Wildman–Crippen LogP) is 4.53. The number of nitrogens with zero attached hydrogens (tertiary/aromatic N) is 3. The second kappa shape index (κ2) is 11.9. The summed E-state index contributed by atoms with van der Waals surface area (Å²) in [5, 5.41) is 2.19. The SMILES string of the molecule is Cc1ccccc1[C@@H]1c2ccsc2CCN1CCC(=O)N1CCCN(C(=O)COc2ccccc2)CC1. The highest BCUT2D eigenvalue weighted by Gasteiger charge is 2.31. The molecule has 37 heavy (non-hydrogen) atoms. The molecule has 0 bridgehead atoms. The second-order valence-corrected chi connectivity index (χ2v) is 10.8. The van der Waals surface area contributed by atoms with Gasteiger partial charge in [-0.1, -0.05) is 42.5 Å². The van der Waals surface area contributed by atoms with Crippen LogP contribution in [0.2, 0.25) is 0 Å². The predicted molar refractivity (Wildman–Crippen MR) is 147 cm³/mol. The van der Waals surface area contributed by atoms with E-state index in [1.807, 2.05) is 51.5 Å². The number of hydrogen-bond acceptors (Lipinski definition) is 5. The number of ether oxygens (including phenoxy) is 1. The van der Waals surface area contributed by atoms with Crippen molar-refractivity contribution in [3.8, 4) is 5.75 Å². The smallest absolute Gasteiger partial charge is 0.260 e. The van der Waals surface area contributed by atoms with Gasteiger partial charge >= 0.3 is 0 Å². The van der Waals surface area contributed by atoms with Crippen LogP contribution in [-0.2, 0) is 16.0 Å². The van der Waals surface area contributed by atoms with E-state index in [1.165, 1.54) is 21.6 Å². The van der Waals surface area contributed by atoms with E-state index in [2.05, 4.69) is 47.5 Å². The van der Waals surface area contributed by atoms with Gasteiger partial charge in [0.2, 0.25) is 5.91 Å². The van der Waals surface area contributed by atoms with Gasteiger partial charge in [0, 0.05) is 50.6 Å². The monoisotopic (exact) mass is 517 g/mol. The number of benzene rings is 2. The molecule has 7 heteroatoms. The summed E-state index contributed by atoms with van der Waals surface area (Å²) in [5.41, 5.74) is 4.01. The zero-order valence-corrected chi connectivity index (χ0v) is 22.3. The third-order valence-corrected chi connectivity index (χ3v) is 8.46. The van der Waals surface area contributed by atoms with Crippen LogP contribution < -0.4 is 4.74 Å². The molecule has 0 aliphatic carbocycles. The Morgan fingerprint density at radius 2 is 1.59 bits per heavy atom. The first-order valence-corrected chi connectivity index (χ1v) is 14.1. The number of aryl methyl sites for hydroxylation is 1. The topological polar surface area (TPSA) is 53.1 Å². The van der Waals surface area contributed by atoms with Crippen LogP contribution in [0.4, 0.5) is 0 Å². The van der Waals surface area contributed by atoms with Gasteiger partial charge in [-0.3, -0.25) is 14.5 Å². The van der Waals surface area contributed by atoms with Crippen molar-refractivity contribution in [2.24, 2.45) is 0 Å². The quantitative estimate of drug-likeness (QED) is 0.462. The van der Waals surface area contributed by atoms with Gasteiger partial charge in [0.15, 0.2) is 6.61 Å². The molecule has 1 fully saturated rings. The molecule has 1 aromatic heterocycles. The third-order valence-electron chi connectivity index (χ3n) is 7.47. The number of para-hydroxylation sites is 1. The molecule has 0 radical (unpaired) electrons. The van der Waals surface area contributed by atoms with Gasteiger partial charge in [0.25, 0.3) is 5.91 Å². The molecule has 6 nitrogen and oxygen atoms in total. The van der Waals surface area contributed by atoms with Crippen LogP contribution in [0.3, 0.4) is 0 Å². The fourth-order valence-corrected chi connectivity index (χ4v) is 6.34. The number of rotatable bonds is 7. The summed E-state index contributed by atoms with van der Waals surface area (Å²) in [6, 6.07) is 20.5. The molecule has 5 rings (SSSR count). The first kappa shape index (κ1) is 25.5. The lowest BCUT2D eigenvalue weighted by molar-refractivity contribution is -0.135. The van der Waals surface area contributed by atoms with Gasteiger partial charge in [-0.25, -0.2) is 0 Å². The Bertz CT molecular complexity index is 1210. The molecule has 0 spiro atoms. The number of hydrogen-bond donors (Lipinski definition) is 0. The Kier molecular flexibility index (Phi) is 8.21. The summed E-state index contributed by atoms with van der Waals surface area (Å²) >= 11 is 1.84. The molecule has 2 aliphatic heterocycles. The Morgan fingerprint density at radius 3 is 2.38 bits per heavy atom. The molecule has 2 aromatic carbocycles. The van der Waals surface area contributed by atoms with E-state index < -0.39 is 0 Å². The Labute approximate surface area is 223 Å². The molecule has 194 valence electrons. The van der Waals surface area contributed by atoms with Crippen molar-refractivity contribution >= 4 is 23.2 Å². The average Bonchev–Trinajstić information content (AvgIpc) is 3.27. The lowest BCUT2D eigenvalue weighted by atomic mass is 9.90. The summed E-state index contributed by atoms with van der Waals surface area (Å²) < 4.78 is 5.64. The van der Waals surface area contributed by atoms with Gasteiger partial charge in [0.05, 0.1) is 6.04 Å². The molecule has 2 aliphatic rings. The Hall–Kier alpha value is -3.16. The van der Waals surface area contributed by atoms with E-state index in [9.17, 15) is 9.59 Å². The van der Waals surface area contributed by atoms with E-state index in [4.69, 9.17) is 4.74 Å². The van der Waals surface area contributed by atoms with Crippen molar-refractivity contribution in [3.63, 3.8) is 0 Å². The zero-order chi connectivity index (χ0) is 25.6. The van der Waals surface area contributed by atoms with Gasteiger partial charge in [-0.2, -0.15) is 0 Å². The van der Waals surface area contributed by atoms with E-state index in [-0.39, 0.29) is 24.5 Å². The zero-order valence-electron chi connectivity index (χ0n) is 21.5. The standard InChI is InChI=1S/C30H35N3O3S/c1-23-8-5-6-11-25(23)30-26-14-21-37-27(26)12-17-33(30)18-13-28(34)31-15-7-16-32(20-19-31)29(35)22-36-24-9-3-2-4-10-24/h2-6,8-11,14,21,30H,7,12-13,15-20,22H2,1H3/t30-/m1/s1. The molecule has 1 saturated heterocycles.